The summed E-state index contributed by atoms with van der Waals surface area (Å²) in [5.41, 5.74) is 7.59. The molecule has 0 amide bonds. The standard InChI is InChI=1S/C40H25Br/c41-30-21-23-32-28(25-30)13-9-19-34(32)33-18-8-12-27-24-29(20-22-31(27)33)40-37-16-6-4-14-35(37)39(26-10-2-1-3-11-26)36-15-5-7-17-38(36)40/h1-25H. The van der Waals surface area contributed by atoms with Gasteiger partial charge in [-0.1, -0.05) is 149 Å². The van der Waals surface area contributed by atoms with E-state index in [0.717, 1.165) is 4.47 Å². The molecular formula is C40H25Br. The summed E-state index contributed by atoms with van der Waals surface area (Å²) >= 11 is 3.63. The Morgan fingerprint density at radius 1 is 0.317 bits per heavy atom. The normalized spacial score (nSPS) is 11.5. The van der Waals surface area contributed by atoms with Gasteiger partial charge in [-0.2, -0.15) is 0 Å². The van der Waals surface area contributed by atoms with Crippen molar-refractivity contribution >= 4 is 59.0 Å². The maximum absolute atomic E-state index is 3.63. The van der Waals surface area contributed by atoms with Gasteiger partial charge in [0.25, 0.3) is 0 Å². The molecule has 0 N–H and O–H groups in total. The molecule has 0 spiro atoms. The summed E-state index contributed by atoms with van der Waals surface area (Å²) in [6, 6.07) is 55.3. The first-order valence-corrected chi connectivity index (χ1v) is 14.8. The van der Waals surface area contributed by atoms with Crippen molar-refractivity contribution in [3.63, 3.8) is 0 Å². The SMILES string of the molecule is Brc1ccc2c(-c3cccc4cc(-c5c6ccccc6c(-c6ccccc6)c6ccccc56)ccc34)cccc2c1. The van der Waals surface area contributed by atoms with E-state index >= 15 is 0 Å². The van der Waals surface area contributed by atoms with Crippen molar-refractivity contribution in [3.05, 3.63) is 156 Å². The van der Waals surface area contributed by atoms with Gasteiger partial charge >= 0.3 is 0 Å². The third-order valence-electron chi connectivity index (χ3n) is 8.30. The van der Waals surface area contributed by atoms with Crippen LogP contribution < -0.4 is 0 Å². The minimum Gasteiger partial charge on any atom is -0.0622 e. The number of hydrogen-bond donors (Lipinski definition) is 0. The fraction of sp³-hybridized carbons (Fsp3) is 0. The Morgan fingerprint density at radius 2 is 0.805 bits per heavy atom. The monoisotopic (exact) mass is 584 g/mol. The van der Waals surface area contributed by atoms with Crippen LogP contribution in [0.5, 0.6) is 0 Å². The predicted octanol–water partition coefficient (Wildman–Crippen LogP) is 12.1. The summed E-state index contributed by atoms with van der Waals surface area (Å²) in [6.45, 7) is 0. The number of benzene rings is 8. The number of hydrogen-bond acceptors (Lipinski definition) is 0. The minimum atomic E-state index is 1.10. The first-order valence-electron chi connectivity index (χ1n) is 14.0. The van der Waals surface area contributed by atoms with Gasteiger partial charge in [-0.25, -0.2) is 0 Å². The van der Waals surface area contributed by atoms with Crippen LogP contribution >= 0.6 is 15.9 Å². The molecule has 0 heterocycles. The first kappa shape index (κ1) is 24.1. The third kappa shape index (κ3) is 3.96. The molecule has 192 valence electrons. The Kier molecular flexibility index (Phi) is 5.72. The molecule has 0 aliphatic carbocycles. The van der Waals surface area contributed by atoms with E-state index in [4.69, 9.17) is 0 Å². The highest BCUT2D eigenvalue weighted by atomic mass is 79.9. The third-order valence-corrected chi connectivity index (χ3v) is 8.79. The summed E-state index contributed by atoms with van der Waals surface area (Å²) < 4.78 is 1.10. The van der Waals surface area contributed by atoms with Crippen molar-refractivity contribution < 1.29 is 0 Å². The van der Waals surface area contributed by atoms with Gasteiger partial charge in [-0.3, -0.25) is 0 Å². The van der Waals surface area contributed by atoms with Gasteiger partial charge in [0.05, 0.1) is 0 Å². The Labute approximate surface area is 247 Å². The molecule has 1 heteroatoms. The molecule has 0 unspecified atom stereocenters. The van der Waals surface area contributed by atoms with Gasteiger partial charge in [0.15, 0.2) is 0 Å². The number of rotatable bonds is 3. The van der Waals surface area contributed by atoms with Crippen molar-refractivity contribution in [1.29, 1.82) is 0 Å². The molecule has 0 fully saturated rings. The lowest BCUT2D eigenvalue weighted by Crippen LogP contribution is -1.91. The smallest absolute Gasteiger partial charge is 0.0181 e. The molecular weight excluding hydrogens is 560 g/mol. The largest absolute Gasteiger partial charge is 0.0622 e. The molecule has 0 aromatic heterocycles. The van der Waals surface area contributed by atoms with Crippen molar-refractivity contribution in [1.82, 2.24) is 0 Å². The van der Waals surface area contributed by atoms with E-state index in [2.05, 4.69) is 168 Å². The van der Waals surface area contributed by atoms with Crippen LogP contribution in [0.2, 0.25) is 0 Å². The maximum Gasteiger partial charge on any atom is 0.0181 e. The van der Waals surface area contributed by atoms with Gasteiger partial charge in [0.1, 0.15) is 0 Å². The zero-order valence-electron chi connectivity index (χ0n) is 22.3. The first-order chi connectivity index (χ1) is 20.3. The quantitative estimate of drug-likeness (QED) is 0.181. The highest BCUT2D eigenvalue weighted by Gasteiger charge is 2.17. The van der Waals surface area contributed by atoms with Crippen molar-refractivity contribution in [2.45, 2.75) is 0 Å². The van der Waals surface area contributed by atoms with Gasteiger partial charge in [-0.15, -0.1) is 0 Å². The Balaban J connectivity index is 1.39. The van der Waals surface area contributed by atoms with E-state index in [1.807, 2.05) is 0 Å². The highest BCUT2D eigenvalue weighted by molar-refractivity contribution is 9.10. The van der Waals surface area contributed by atoms with Crippen LogP contribution in [0.1, 0.15) is 0 Å². The fourth-order valence-electron chi connectivity index (χ4n) is 6.52. The van der Waals surface area contributed by atoms with Crippen molar-refractivity contribution in [2.75, 3.05) is 0 Å². The minimum absolute atomic E-state index is 1.10. The Bertz CT molecular complexity index is 2200. The second kappa shape index (κ2) is 9.73. The van der Waals surface area contributed by atoms with Crippen molar-refractivity contribution in [2.24, 2.45) is 0 Å². The van der Waals surface area contributed by atoms with Crippen LogP contribution in [0, 0.1) is 0 Å². The molecule has 8 rings (SSSR count). The predicted molar refractivity (Wildman–Crippen MR) is 180 cm³/mol. The van der Waals surface area contributed by atoms with Gasteiger partial charge in [-0.05, 0) is 94.7 Å². The van der Waals surface area contributed by atoms with E-state index in [-0.39, 0.29) is 0 Å². The van der Waals surface area contributed by atoms with E-state index in [1.54, 1.807) is 0 Å². The molecule has 0 atom stereocenters. The summed E-state index contributed by atoms with van der Waals surface area (Å²) in [5, 5.41) is 10.1. The molecule has 8 aromatic carbocycles. The lowest BCUT2D eigenvalue weighted by atomic mass is 9.85. The molecule has 41 heavy (non-hydrogen) atoms. The molecule has 0 radical (unpaired) electrons. The van der Waals surface area contributed by atoms with Crippen LogP contribution in [0.4, 0.5) is 0 Å². The molecule has 0 saturated carbocycles. The van der Waals surface area contributed by atoms with Crippen molar-refractivity contribution in [3.8, 4) is 33.4 Å². The van der Waals surface area contributed by atoms with Crippen LogP contribution in [0.15, 0.2) is 156 Å². The topological polar surface area (TPSA) is 0 Å². The summed E-state index contributed by atoms with van der Waals surface area (Å²) in [7, 11) is 0. The molecule has 0 bridgehead atoms. The highest BCUT2D eigenvalue weighted by Crippen LogP contribution is 2.44. The molecule has 0 aliphatic rings. The average molecular weight is 586 g/mol. The van der Waals surface area contributed by atoms with Gasteiger partial charge in [0.2, 0.25) is 0 Å². The lowest BCUT2D eigenvalue weighted by molar-refractivity contribution is 1.65. The molecule has 8 aromatic rings. The van der Waals surface area contributed by atoms with E-state index in [0.29, 0.717) is 0 Å². The van der Waals surface area contributed by atoms with E-state index in [9.17, 15) is 0 Å². The van der Waals surface area contributed by atoms with Crippen LogP contribution in [-0.2, 0) is 0 Å². The molecule has 0 saturated heterocycles. The zero-order chi connectivity index (χ0) is 27.3. The lowest BCUT2D eigenvalue weighted by Gasteiger charge is -2.18. The molecule has 0 nitrogen and oxygen atoms in total. The zero-order valence-corrected chi connectivity index (χ0v) is 23.9. The van der Waals surface area contributed by atoms with Crippen LogP contribution in [0.3, 0.4) is 0 Å². The number of fused-ring (bicyclic) bond motifs is 4. The fourth-order valence-corrected chi connectivity index (χ4v) is 6.90. The number of halogens is 1. The summed E-state index contributed by atoms with van der Waals surface area (Å²) in [4.78, 5) is 0. The van der Waals surface area contributed by atoms with Gasteiger partial charge < -0.3 is 0 Å². The summed E-state index contributed by atoms with van der Waals surface area (Å²) in [6.07, 6.45) is 0. The molecule has 0 aliphatic heterocycles. The van der Waals surface area contributed by atoms with E-state index < -0.39 is 0 Å². The Hall–Kier alpha value is -4.72. The second-order valence-electron chi connectivity index (χ2n) is 10.6. The van der Waals surface area contributed by atoms with Crippen LogP contribution in [0.25, 0.3) is 76.5 Å². The maximum atomic E-state index is 3.63. The Morgan fingerprint density at radius 3 is 1.39 bits per heavy atom. The van der Waals surface area contributed by atoms with Gasteiger partial charge in [0, 0.05) is 4.47 Å². The van der Waals surface area contributed by atoms with E-state index in [1.165, 1.54) is 76.5 Å². The summed E-state index contributed by atoms with van der Waals surface area (Å²) in [5.74, 6) is 0. The second-order valence-corrected chi connectivity index (χ2v) is 11.5. The average Bonchev–Trinajstić information content (AvgIpc) is 3.03. The van der Waals surface area contributed by atoms with Crippen LogP contribution in [-0.4, -0.2) is 0 Å².